The molecule has 1 aromatic heterocycles. The molecule has 1 aliphatic rings. The summed E-state index contributed by atoms with van der Waals surface area (Å²) in [6.45, 7) is 4.75. The van der Waals surface area contributed by atoms with E-state index in [1.165, 1.54) is 18.3 Å². The van der Waals surface area contributed by atoms with Gasteiger partial charge in [0.05, 0.1) is 12.8 Å². The van der Waals surface area contributed by atoms with Gasteiger partial charge >= 0.3 is 5.97 Å². The Labute approximate surface area is 131 Å². The van der Waals surface area contributed by atoms with Gasteiger partial charge in [-0.1, -0.05) is 0 Å². The number of aromatic nitrogens is 1. The predicted octanol–water partition coefficient (Wildman–Crippen LogP) is 2.52. The van der Waals surface area contributed by atoms with E-state index in [2.05, 4.69) is 21.6 Å². The van der Waals surface area contributed by atoms with Gasteiger partial charge in [0.2, 0.25) is 0 Å². The molecule has 0 unspecified atom stereocenters. The minimum Gasteiger partial charge on any atom is -0.469 e. The summed E-state index contributed by atoms with van der Waals surface area (Å²) in [6, 6.07) is 0. The first-order chi connectivity index (χ1) is 10.6. The highest BCUT2D eigenvalue weighted by Gasteiger charge is 2.13. The third-order valence-corrected chi connectivity index (χ3v) is 4.03. The number of hydrogen-bond acceptors (Lipinski definition) is 4. The summed E-state index contributed by atoms with van der Waals surface area (Å²) < 4.78 is 4.68. The van der Waals surface area contributed by atoms with Crippen LogP contribution in [0.3, 0.4) is 0 Å². The van der Waals surface area contributed by atoms with E-state index in [0.29, 0.717) is 19.4 Å². The average Bonchev–Trinajstić information content (AvgIpc) is 3.03. The van der Waals surface area contributed by atoms with E-state index in [1.54, 1.807) is 0 Å². The van der Waals surface area contributed by atoms with Crippen LogP contribution in [0.25, 0.3) is 6.08 Å². The second kappa shape index (κ2) is 7.22. The van der Waals surface area contributed by atoms with Crippen molar-refractivity contribution in [1.29, 1.82) is 0 Å². The van der Waals surface area contributed by atoms with E-state index in [-0.39, 0.29) is 5.97 Å². The van der Waals surface area contributed by atoms with Crippen molar-refractivity contribution in [3.05, 3.63) is 39.9 Å². The molecule has 0 radical (unpaired) electrons. The molecule has 0 amide bonds. The van der Waals surface area contributed by atoms with Crippen molar-refractivity contribution in [2.45, 2.75) is 33.1 Å². The number of nitrogens with zero attached hydrogens (tertiary/aromatic N) is 1. The molecule has 0 bridgehead atoms. The second-order valence-electron chi connectivity index (χ2n) is 5.41. The number of carbonyl (C=O) groups is 1. The van der Waals surface area contributed by atoms with Crippen LogP contribution >= 0.6 is 0 Å². The number of hydrogen-bond donors (Lipinski definition) is 2. The van der Waals surface area contributed by atoms with Gasteiger partial charge in [0.15, 0.2) is 0 Å². The molecule has 1 aliphatic heterocycles. The number of aryl methyl sites for hydroxylation is 1. The molecule has 3 N–H and O–H groups in total. The normalized spacial score (nSPS) is 15.9. The lowest BCUT2D eigenvalue weighted by molar-refractivity contribution is -0.140. The number of methoxy groups -OCH3 is 1. The molecule has 2 heterocycles. The quantitative estimate of drug-likeness (QED) is 0.792. The highest BCUT2D eigenvalue weighted by molar-refractivity contribution is 5.88. The van der Waals surface area contributed by atoms with Crippen LogP contribution in [0, 0.1) is 6.92 Å². The number of nitrogens with two attached hydrogens (primary N) is 1. The van der Waals surface area contributed by atoms with Gasteiger partial charge < -0.3 is 15.5 Å². The number of carbonyl (C=O) groups excluding carboxylic acids is 1. The number of nitrogens with one attached hydrogen (secondary N) is 1. The van der Waals surface area contributed by atoms with E-state index in [1.807, 2.05) is 25.4 Å². The number of rotatable bonds is 6. The van der Waals surface area contributed by atoms with E-state index in [4.69, 9.17) is 5.73 Å². The zero-order chi connectivity index (χ0) is 16.1. The van der Waals surface area contributed by atoms with Crippen LogP contribution in [0.4, 0.5) is 0 Å². The van der Waals surface area contributed by atoms with Crippen molar-refractivity contribution in [3.63, 3.8) is 0 Å². The van der Waals surface area contributed by atoms with Crippen LogP contribution in [-0.4, -0.2) is 30.8 Å². The topological polar surface area (TPSA) is 80.5 Å². The van der Waals surface area contributed by atoms with Crippen molar-refractivity contribution >= 4 is 18.3 Å². The van der Waals surface area contributed by atoms with E-state index in [0.717, 1.165) is 28.9 Å². The molecule has 5 nitrogen and oxygen atoms in total. The van der Waals surface area contributed by atoms with Gasteiger partial charge in [-0.05, 0) is 61.6 Å². The number of aliphatic imine (C=N–C) groups is 1. The maximum Gasteiger partial charge on any atom is 0.305 e. The van der Waals surface area contributed by atoms with Crippen LogP contribution in [0.15, 0.2) is 28.0 Å². The van der Waals surface area contributed by atoms with Crippen LogP contribution in [0.2, 0.25) is 0 Å². The maximum absolute atomic E-state index is 11.2. The lowest BCUT2D eigenvalue weighted by Crippen LogP contribution is -2.02. The van der Waals surface area contributed by atoms with E-state index < -0.39 is 0 Å². The van der Waals surface area contributed by atoms with Crippen LogP contribution in [-0.2, 0) is 16.0 Å². The van der Waals surface area contributed by atoms with Crippen molar-refractivity contribution < 1.29 is 9.53 Å². The molecular formula is C17H23N3O2. The van der Waals surface area contributed by atoms with Crippen molar-refractivity contribution in [2.24, 2.45) is 10.7 Å². The van der Waals surface area contributed by atoms with Crippen molar-refractivity contribution in [3.8, 4) is 0 Å². The molecular weight excluding hydrogens is 278 g/mol. The minimum absolute atomic E-state index is 0.189. The third-order valence-electron chi connectivity index (χ3n) is 4.03. The van der Waals surface area contributed by atoms with Crippen molar-refractivity contribution in [1.82, 2.24) is 4.98 Å². The Morgan fingerprint density at radius 3 is 2.86 bits per heavy atom. The Morgan fingerprint density at radius 1 is 1.41 bits per heavy atom. The zero-order valence-electron chi connectivity index (χ0n) is 13.4. The summed E-state index contributed by atoms with van der Waals surface area (Å²) in [6.07, 6.45) is 7.80. The fraction of sp³-hybridized carbons (Fsp3) is 0.412. The number of esters is 1. The summed E-state index contributed by atoms with van der Waals surface area (Å²) in [5, 5.41) is 0. The SMILES string of the molecule is COC(=O)CCc1c[nH]c(C=C2N=CC(CCN)=C2C)c1C. The van der Waals surface area contributed by atoms with E-state index in [9.17, 15) is 4.79 Å². The molecule has 0 fully saturated rings. The lowest BCUT2D eigenvalue weighted by Gasteiger charge is -2.02. The minimum atomic E-state index is -0.189. The molecule has 5 heteroatoms. The first kappa shape index (κ1) is 16.2. The Balaban J connectivity index is 2.15. The van der Waals surface area contributed by atoms with Crippen molar-refractivity contribution in [2.75, 3.05) is 13.7 Å². The molecule has 0 saturated heterocycles. The van der Waals surface area contributed by atoms with Gasteiger partial charge in [-0.3, -0.25) is 9.79 Å². The summed E-state index contributed by atoms with van der Waals surface area (Å²) in [7, 11) is 1.41. The molecule has 2 rings (SSSR count). The lowest BCUT2D eigenvalue weighted by atomic mass is 10.0. The summed E-state index contributed by atoms with van der Waals surface area (Å²) >= 11 is 0. The second-order valence-corrected chi connectivity index (χ2v) is 5.41. The molecule has 22 heavy (non-hydrogen) atoms. The Bertz CT molecular complexity index is 651. The molecule has 118 valence electrons. The first-order valence-corrected chi connectivity index (χ1v) is 7.46. The largest absolute Gasteiger partial charge is 0.469 e. The standard InChI is InChI=1S/C17H23N3O2/c1-11-13(4-5-17(21)22-3)9-19-15(11)8-16-12(2)14(6-7-18)10-20-16/h8-10,19H,4-7,18H2,1-3H3. The fourth-order valence-corrected chi connectivity index (χ4v) is 2.50. The highest BCUT2D eigenvalue weighted by Crippen LogP contribution is 2.26. The highest BCUT2D eigenvalue weighted by atomic mass is 16.5. The molecule has 0 saturated carbocycles. The van der Waals surface area contributed by atoms with Crippen LogP contribution < -0.4 is 5.73 Å². The molecule has 0 atom stereocenters. The first-order valence-electron chi connectivity index (χ1n) is 7.46. The Hall–Kier alpha value is -2.14. The van der Waals surface area contributed by atoms with Gasteiger partial charge in [0.25, 0.3) is 0 Å². The molecule has 1 aromatic rings. The van der Waals surface area contributed by atoms with Gasteiger partial charge in [-0.25, -0.2) is 0 Å². The number of ether oxygens (including phenoxy) is 1. The maximum atomic E-state index is 11.2. The average molecular weight is 301 g/mol. The number of aromatic amines is 1. The summed E-state index contributed by atoms with van der Waals surface area (Å²) in [4.78, 5) is 19.0. The van der Waals surface area contributed by atoms with Gasteiger partial charge in [-0.15, -0.1) is 0 Å². The van der Waals surface area contributed by atoms with E-state index >= 15 is 0 Å². The summed E-state index contributed by atoms with van der Waals surface area (Å²) in [5.74, 6) is -0.189. The van der Waals surface area contributed by atoms with Gasteiger partial charge in [0.1, 0.15) is 0 Å². The van der Waals surface area contributed by atoms with Crippen LogP contribution in [0.5, 0.6) is 0 Å². The zero-order valence-corrected chi connectivity index (χ0v) is 13.4. The summed E-state index contributed by atoms with van der Waals surface area (Å²) in [5.41, 5.74) is 12.2. The third kappa shape index (κ3) is 3.54. The number of H-pyrrole nitrogens is 1. The Morgan fingerprint density at radius 2 is 2.18 bits per heavy atom. The van der Waals surface area contributed by atoms with Gasteiger partial charge in [-0.2, -0.15) is 0 Å². The smallest absolute Gasteiger partial charge is 0.305 e. The molecule has 0 spiro atoms. The fourth-order valence-electron chi connectivity index (χ4n) is 2.50. The monoisotopic (exact) mass is 301 g/mol. The predicted molar refractivity (Wildman–Crippen MR) is 88.7 cm³/mol. The van der Waals surface area contributed by atoms with Crippen LogP contribution in [0.1, 0.15) is 36.6 Å². The Kier molecular flexibility index (Phi) is 5.33. The molecule has 0 aliphatic carbocycles. The molecule has 0 aromatic carbocycles. The number of allylic oxidation sites excluding steroid dienone is 1. The van der Waals surface area contributed by atoms with Gasteiger partial charge in [0, 0.05) is 24.5 Å².